The Labute approximate surface area is 181 Å². The van der Waals surface area contributed by atoms with Crippen LogP contribution in [0.25, 0.3) is 0 Å². The Bertz CT molecular complexity index is 1120. The average Bonchev–Trinajstić information content (AvgIpc) is 2.79. The lowest BCUT2D eigenvalue weighted by atomic mass is 10.1. The first-order valence-electron chi connectivity index (χ1n) is 9.61. The molecule has 0 radical (unpaired) electrons. The molecule has 0 aliphatic rings. The van der Waals surface area contributed by atoms with Gasteiger partial charge in [0.2, 0.25) is 0 Å². The molecule has 0 aliphatic heterocycles. The molecular formula is C23H23N3O4S. The molecular weight excluding hydrogens is 414 g/mol. The highest BCUT2D eigenvalue weighted by molar-refractivity contribution is 7.89. The molecule has 0 unspecified atom stereocenters. The number of hydrogen-bond donors (Lipinski definition) is 2. The first-order chi connectivity index (χ1) is 14.9. The maximum absolute atomic E-state index is 12.1. The van der Waals surface area contributed by atoms with Crippen LogP contribution in [0, 0.1) is 0 Å². The highest BCUT2D eigenvalue weighted by Gasteiger charge is 2.11. The van der Waals surface area contributed by atoms with Gasteiger partial charge in [-0.1, -0.05) is 48.5 Å². The Morgan fingerprint density at radius 2 is 1.58 bits per heavy atom. The molecule has 0 heterocycles. The normalized spacial score (nSPS) is 12.3. The molecule has 0 aromatic heterocycles. The fraction of sp³-hybridized carbons (Fsp3) is 0.130. The van der Waals surface area contributed by atoms with Crippen LogP contribution in [0.2, 0.25) is 0 Å². The first-order valence-corrected chi connectivity index (χ1v) is 11.1. The van der Waals surface area contributed by atoms with Gasteiger partial charge in [-0.05, 0) is 54.4 Å². The standard InChI is InChI=1S/C23H23N3O4S/c1-18(20-8-4-2-5-9-20)25-23(27)17-30-21-14-12-19(13-15-21)16-24-26-31(28,29)22-10-6-3-7-11-22/h2-16,18,26H,17H2,1H3,(H,25,27)/b24-16-/t18-/m1/s1. The molecule has 1 amide bonds. The van der Waals surface area contributed by atoms with Crippen LogP contribution in [0.1, 0.15) is 24.1 Å². The predicted molar refractivity (Wildman–Crippen MR) is 119 cm³/mol. The fourth-order valence-electron chi connectivity index (χ4n) is 2.73. The lowest BCUT2D eigenvalue weighted by Crippen LogP contribution is -2.31. The van der Waals surface area contributed by atoms with Gasteiger partial charge in [0.05, 0.1) is 17.2 Å². The van der Waals surface area contributed by atoms with Gasteiger partial charge in [-0.2, -0.15) is 13.5 Å². The monoisotopic (exact) mass is 437 g/mol. The van der Waals surface area contributed by atoms with Crippen LogP contribution >= 0.6 is 0 Å². The number of sulfonamides is 1. The van der Waals surface area contributed by atoms with E-state index in [0.29, 0.717) is 11.3 Å². The quantitative estimate of drug-likeness (QED) is 0.397. The molecule has 3 rings (SSSR count). The van der Waals surface area contributed by atoms with E-state index in [0.717, 1.165) is 5.56 Å². The second-order valence-electron chi connectivity index (χ2n) is 6.72. The van der Waals surface area contributed by atoms with Crippen LogP contribution in [-0.4, -0.2) is 27.1 Å². The van der Waals surface area contributed by atoms with Crippen molar-refractivity contribution in [1.82, 2.24) is 10.1 Å². The van der Waals surface area contributed by atoms with Gasteiger partial charge in [0.1, 0.15) is 5.75 Å². The number of amides is 1. The van der Waals surface area contributed by atoms with Gasteiger partial charge in [-0.3, -0.25) is 4.79 Å². The molecule has 8 heteroatoms. The third kappa shape index (κ3) is 6.68. The van der Waals surface area contributed by atoms with E-state index < -0.39 is 10.0 Å². The number of nitrogens with one attached hydrogen (secondary N) is 2. The van der Waals surface area contributed by atoms with E-state index in [1.807, 2.05) is 37.3 Å². The van der Waals surface area contributed by atoms with Crippen LogP contribution in [-0.2, 0) is 14.8 Å². The summed E-state index contributed by atoms with van der Waals surface area (Å²) in [4.78, 5) is 14.4. The van der Waals surface area contributed by atoms with Crippen LogP contribution < -0.4 is 14.9 Å². The molecule has 3 aromatic carbocycles. The van der Waals surface area contributed by atoms with Crippen LogP contribution in [0.3, 0.4) is 0 Å². The van der Waals surface area contributed by atoms with Gasteiger partial charge >= 0.3 is 0 Å². The zero-order chi connectivity index (χ0) is 22.1. The van der Waals surface area contributed by atoms with Crippen molar-refractivity contribution in [3.63, 3.8) is 0 Å². The minimum Gasteiger partial charge on any atom is -0.484 e. The highest BCUT2D eigenvalue weighted by atomic mass is 32.2. The first kappa shape index (κ1) is 22.0. The molecule has 2 N–H and O–H groups in total. The summed E-state index contributed by atoms with van der Waals surface area (Å²) >= 11 is 0. The van der Waals surface area contributed by atoms with Gasteiger partial charge in [-0.15, -0.1) is 0 Å². The summed E-state index contributed by atoms with van der Waals surface area (Å²) in [5, 5.41) is 6.67. The lowest BCUT2D eigenvalue weighted by molar-refractivity contribution is -0.123. The van der Waals surface area contributed by atoms with Crippen molar-refractivity contribution < 1.29 is 17.9 Å². The number of nitrogens with zero attached hydrogens (tertiary/aromatic N) is 1. The van der Waals surface area contributed by atoms with E-state index in [1.165, 1.54) is 18.3 Å². The summed E-state index contributed by atoms with van der Waals surface area (Å²) in [5.41, 5.74) is 1.69. The van der Waals surface area contributed by atoms with Gasteiger partial charge in [0.15, 0.2) is 6.61 Å². The van der Waals surface area contributed by atoms with E-state index in [2.05, 4.69) is 15.2 Å². The number of benzene rings is 3. The molecule has 160 valence electrons. The Kier molecular flexibility index (Phi) is 7.40. The predicted octanol–water partition coefficient (Wildman–Crippen LogP) is 3.26. The Morgan fingerprint density at radius 1 is 0.968 bits per heavy atom. The molecule has 0 spiro atoms. The largest absolute Gasteiger partial charge is 0.484 e. The fourth-order valence-corrected chi connectivity index (χ4v) is 3.54. The topological polar surface area (TPSA) is 96.9 Å². The van der Waals surface area contributed by atoms with E-state index in [9.17, 15) is 13.2 Å². The summed E-state index contributed by atoms with van der Waals surface area (Å²) in [6, 6.07) is 24.3. The molecule has 1 atom stereocenters. The molecule has 7 nitrogen and oxygen atoms in total. The van der Waals surface area contributed by atoms with E-state index in [-0.39, 0.29) is 23.5 Å². The van der Waals surface area contributed by atoms with E-state index in [1.54, 1.807) is 42.5 Å². The lowest BCUT2D eigenvalue weighted by Gasteiger charge is -2.14. The van der Waals surface area contributed by atoms with Gasteiger partial charge in [-0.25, -0.2) is 4.83 Å². The molecule has 0 saturated heterocycles. The minimum atomic E-state index is -3.70. The van der Waals surface area contributed by atoms with Crippen molar-refractivity contribution in [3.8, 4) is 5.75 Å². The zero-order valence-electron chi connectivity index (χ0n) is 16.9. The van der Waals surface area contributed by atoms with Crippen molar-refractivity contribution in [2.45, 2.75) is 17.9 Å². The molecule has 0 fully saturated rings. The number of carbonyl (C=O) groups excluding carboxylic acids is 1. The highest BCUT2D eigenvalue weighted by Crippen LogP contribution is 2.13. The van der Waals surface area contributed by atoms with Crippen LogP contribution in [0.15, 0.2) is 94.9 Å². The second kappa shape index (κ2) is 10.4. The third-order valence-corrected chi connectivity index (χ3v) is 5.61. The average molecular weight is 438 g/mol. The summed E-state index contributed by atoms with van der Waals surface area (Å²) in [6.07, 6.45) is 1.39. The SMILES string of the molecule is C[C@@H](NC(=O)COc1ccc(/C=N\NS(=O)(=O)c2ccccc2)cc1)c1ccccc1. The second-order valence-corrected chi connectivity index (χ2v) is 8.38. The number of carbonyl (C=O) groups is 1. The molecule has 0 aliphatic carbocycles. The van der Waals surface area contributed by atoms with Crippen molar-refractivity contribution in [1.29, 1.82) is 0 Å². The summed E-state index contributed by atoms with van der Waals surface area (Å²) in [5.74, 6) is 0.293. The summed E-state index contributed by atoms with van der Waals surface area (Å²) < 4.78 is 29.7. The Morgan fingerprint density at radius 3 is 2.23 bits per heavy atom. The van der Waals surface area contributed by atoms with Crippen LogP contribution in [0.4, 0.5) is 0 Å². The number of hydrogen-bond acceptors (Lipinski definition) is 5. The van der Waals surface area contributed by atoms with E-state index in [4.69, 9.17) is 4.74 Å². The van der Waals surface area contributed by atoms with Crippen molar-refractivity contribution >= 4 is 22.1 Å². The van der Waals surface area contributed by atoms with Gasteiger partial charge in [0.25, 0.3) is 15.9 Å². The van der Waals surface area contributed by atoms with Gasteiger partial charge < -0.3 is 10.1 Å². The van der Waals surface area contributed by atoms with Crippen molar-refractivity contribution in [2.75, 3.05) is 6.61 Å². The Balaban J connectivity index is 1.47. The number of hydrazone groups is 1. The van der Waals surface area contributed by atoms with Crippen LogP contribution in [0.5, 0.6) is 5.75 Å². The summed E-state index contributed by atoms with van der Waals surface area (Å²) in [7, 11) is -3.70. The molecule has 0 bridgehead atoms. The minimum absolute atomic E-state index is 0.110. The van der Waals surface area contributed by atoms with E-state index >= 15 is 0 Å². The molecule has 3 aromatic rings. The van der Waals surface area contributed by atoms with Gasteiger partial charge in [0, 0.05) is 0 Å². The maximum Gasteiger partial charge on any atom is 0.276 e. The number of rotatable bonds is 9. The zero-order valence-corrected chi connectivity index (χ0v) is 17.7. The number of ether oxygens (including phenoxy) is 1. The molecule has 31 heavy (non-hydrogen) atoms. The molecule has 0 saturated carbocycles. The Hall–Kier alpha value is -3.65. The van der Waals surface area contributed by atoms with Crippen molar-refractivity contribution in [2.24, 2.45) is 5.10 Å². The third-order valence-electron chi connectivity index (χ3n) is 4.37. The maximum atomic E-state index is 12.1. The smallest absolute Gasteiger partial charge is 0.276 e. The van der Waals surface area contributed by atoms with Crippen molar-refractivity contribution in [3.05, 3.63) is 96.1 Å². The summed E-state index contributed by atoms with van der Waals surface area (Å²) in [6.45, 7) is 1.80.